The summed E-state index contributed by atoms with van der Waals surface area (Å²) in [6.07, 6.45) is 2.13. The predicted octanol–water partition coefficient (Wildman–Crippen LogP) is 1.18. The van der Waals surface area contributed by atoms with Crippen molar-refractivity contribution in [2.45, 2.75) is 20.0 Å². The van der Waals surface area contributed by atoms with Crippen molar-refractivity contribution in [1.82, 2.24) is 14.8 Å². The highest BCUT2D eigenvalue weighted by Gasteiger charge is 2.00. The molecule has 0 aromatic carbocycles. The number of aromatic nitrogens is 1. The fourth-order valence-electron chi connectivity index (χ4n) is 1.76. The molecule has 0 unspecified atom stereocenters. The molecule has 1 heterocycles. The van der Waals surface area contributed by atoms with Gasteiger partial charge in [0, 0.05) is 51.7 Å². The third-order valence-electron chi connectivity index (χ3n) is 2.92. The Morgan fingerprint density at radius 3 is 2.94 bits per heavy atom. The number of methoxy groups -OCH3 is 1. The second-order valence-corrected chi connectivity index (χ2v) is 4.26. The molecule has 0 saturated heterocycles. The maximum absolute atomic E-state index is 5.04. The van der Waals surface area contributed by atoms with Crippen molar-refractivity contribution in [3.63, 3.8) is 0 Å². The van der Waals surface area contributed by atoms with Gasteiger partial charge < -0.3 is 19.5 Å². The van der Waals surface area contributed by atoms with E-state index in [0.29, 0.717) is 0 Å². The Morgan fingerprint density at radius 2 is 2.24 bits per heavy atom. The third kappa shape index (κ3) is 5.35. The lowest BCUT2D eigenvalue weighted by atomic mass is 10.4. The number of ether oxygens (including phenoxy) is 1. The molecular formula is C13H25N3O. The first-order chi connectivity index (χ1) is 8.27. The third-order valence-corrected chi connectivity index (χ3v) is 2.92. The SMILES string of the molecule is CCn1cccc1CNCCN(C)CCOC. The van der Waals surface area contributed by atoms with E-state index in [1.165, 1.54) is 5.69 Å². The van der Waals surface area contributed by atoms with Gasteiger partial charge in [0.2, 0.25) is 0 Å². The van der Waals surface area contributed by atoms with E-state index in [1.807, 2.05) is 0 Å². The molecular weight excluding hydrogens is 214 g/mol. The van der Waals surface area contributed by atoms with Crippen LogP contribution in [0.3, 0.4) is 0 Å². The van der Waals surface area contributed by atoms with Crippen LogP contribution >= 0.6 is 0 Å². The average molecular weight is 239 g/mol. The first-order valence-corrected chi connectivity index (χ1v) is 6.30. The van der Waals surface area contributed by atoms with Crippen LogP contribution in [0.2, 0.25) is 0 Å². The summed E-state index contributed by atoms with van der Waals surface area (Å²) in [5.41, 5.74) is 1.35. The maximum Gasteiger partial charge on any atom is 0.0589 e. The van der Waals surface area contributed by atoms with Gasteiger partial charge in [-0.25, -0.2) is 0 Å². The molecule has 1 rings (SSSR count). The van der Waals surface area contributed by atoms with Crippen molar-refractivity contribution in [3.8, 4) is 0 Å². The molecule has 4 nitrogen and oxygen atoms in total. The van der Waals surface area contributed by atoms with Crippen LogP contribution in [0.1, 0.15) is 12.6 Å². The van der Waals surface area contributed by atoms with Crippen molar-refractivity contribution in [1.29, 1.82) is 0 Å². The second kappa shape index (κ2) is 8.28. The van der Waals surface area contributed by atoms with E-state index in [9.17, 15) is 0 Å². The highest BCUT2D eigenvalue weighted by molar-refractivity contribution is 5.06. The van der Waals surface area contributed by atoms with Crippen molar-refractivity contribution < 1.29 is 4.74 Å². The maximum atomic E-state index is 5.04. The Bertz CT molecular complexity index is 299. The summed E-state index contributed by atoms with van der Waals surface area (Å²) in [5.74, 6) is 0. The molecule has 0 aliphatic heterocycles. The molecule has 0 spiro atoms. The normalized spacial score (nSPS) is 11.3. The summed E-state index contributed by atoms with van der Waals surface area (Å²) in [4.78, 5) is 2.27. The van der Waals surface area contributed by atoms with Gasteiger partial charge in [0.05, 0.1) is 6.61 Å². The van der Waals surface area contributed by atoms with E-state index in [2.05, 4.69) is 47.1 Å². The molecule has 0 atom stereocenters. The Hall–Kier alpha value is -0.840. The monoisotopic (exact) mass is 239 g/mol. The zero-order valence-electron chi connectivity index (χ0n) is 11.3. The van der Waals surface area contributed by atoms with Crippen LogP contribution in [0.25, 0.3) is 0 Å². The number of hydrogen-bond acceptors (Lipinski definition) is 3. The van der Waals surface area contributed by atoms with E-state index in [-0.39, 0.29) is 0 Å². The van der Waals surface area contributed by atoms with E-state index < -0.39 is 0 Å². The number of aryl methyl sites for hydroxylation is 1. The molecule has 1 aromatic heterocycles. The van der Waals surface area contributed by atoms with Gasteiger partial charge in [0.25, 0.3) is 0 Å². The Labute approximate surface area is 105 Å². The van der Waals surface area contributed by atoms with Crippen LogP contribution in [-0.2, 0) is 17.8 Å². The number of rotatable bonds is 9. The van der Waals surface area contributed by atoms with Gasteiger partial charge in [-0.2, -0.15) is 0 Å². The van der Waals surface area contributed by atoms with E-state index >= 15 is 0 Å². The van der Waals surface area contributed by atoms with E-state index in [0.717, 1.165) is 39.3 Å². The molecule has 98 valence electrons. The minimum absolute atomic E-state index is 0.801. The van der Waals surface area contributed by atoms with Crippen LogP contribution in [0.15, 0.2) is 18.3 Å². The van der Waals surface area contributed by atoms with E-state index in [1.54, 1.807) is 7.11 Å². The summed E-state index contributed by atoms with van der Waals surface area (Å²) >= 11 is 0. The quantitative estimate of drug-likeness (QED) is 0.656. The molecule has 0 aliphatic carbocycles. The van der Waals surface area contributed by atoms with Gasteiger partial charge in [0.15, 0.2) is 0 Å². The largest absolute Gasteiger partial charge is 0.383 e. The first kappa shape index (κ1) is 14.2. The summed E-state index contributed by atoms with van der Waals surface area (Å²) in [7, 11) is 3.86. The Morgan fingerprint density at radius 1 is 1.41 bits per heavy atom. The van der Waals surface area contributed by atoms with Crippen LogP contribution in [0.4, 0.5) is 0 Å². The standard InChI is InChI=1S/C13H25N3O/c1-4-16-8-5-6-13(16)12-14-7-9-15(2)10-11-17-3/h5-6,8,14H,4,7,9-12H2,1-3H3. The van der Waals surface area contributed by atoms with Crippen molar-refractivity contribution in [2.75, 3.05) is 40.4 Å². The first-order valence-electron chi connectivity index (χ1n) is 6.30. The zero-order valence-corrected chi connectivity index (χ0v) is 11.3. The van der Waals surface area contributed by atoms with Gasteiger partial charge in [-0.15, -0.1) is 0 Å². The molecule has 0 radical (unpaired) electrons. The molecule has 0 aliphatic rings. The van der Waals surface area contributed by atoms with Gasteiger partial charge in [-0.3, -0.25) is 0 Å². The Balaban J connectivity index is 2.11. The smallest absolute Gasteiger partial charge is 0.0589 e. The summed E-state index contributed by atoms with van der Waals surface area (Å²) < 4.78 is 7.31. The van der Waals surface area contributed by atoms with Crippen molar-refractivity contribution in [2.24, 2.45) is 0 Å². The van der Waals surface area contributed by atoms with E-state index in [4.69, 9.17) is 4.74 Å². The van der Waals surface area contributed by atoms with Crippen molar-refractivity contribution in [3.05, 3.63) is 24.0 Å². The summed E-state index contributed by atoms with van der Waals surface area (Å²) in [6.45, 7) is 8.00. The lowest BCUT2D eigenvalue weighted by Crippen LogP contribution is -2.31. The second-order valence-electron chi connectivity index (χ2n) is 4.26. The number of nitrogens with one attached hydrogen (secondary N) is 1. The van der Waals surface area contributed by atoms with Gasteiger partial charge in [-0.1, -0.05) is 0 Å². The lowest BCUT2D eigenvalue weighted by molar-refractivity contribution is 0.161. The van der Waals surface area contributed by atoms with Gasteiger partial charge in [0.1, 0.15) is 0 Å². The molecule has 1 N–H and O–H groups in total. The molecule has 0 saturated carbocycles. The van der Waals surface area contributed by atoms with Crippen molar-refractivity contribution >= 4 is 0 Å². The minimum Gasteiger partial charge on any atom is -0.383 e. The van der Waals surface area contributed by atoms with Gasteiger partial charge >= 0.3 is 0 Å². The molecule has 17 heavy (non-hydrogen) atoms. The molecule has 1 aromatic rings. The minimum atomic E-state index is 0.801. The predicted molar refractivity (Wildman–Crippen MR) is 71.2 cm³/mol. The highest BCUT2D eigenvalue weighted by Crippen LogP contribution is 2.01. The fourth-order valence-corrected chi connectivity index (χ4v) is 1.76. The lowest BCUT2D eigenvalue weighted by Gasteiger charge is -2.16. The van der Waals surface area contributed by atoms with Crippen LogP contribution in [0, 0.1) is 0 Å². The summed E-state index contributed by atoms with van der Waals surface area (Å²) in [6, 6.07) is 4.27. The molecule has 0 fully saturated rings. The van der Waals surface area contributed by atoms with Crippen LogP contribution in [-0.4, -0.2) is 49.9 Å². The summed E-state index contributed by atoms with van der Waals surface area (Å²) in [5, 5.41) is 3.47. The molecule has 4 heteroatoms. The van der Waals surface area contributed by atoms with Crippen LogP contribution in [0.5, 0.6) is 0 Å². The van der Waals surface area contributed by atoms with Gasteiger partial charge in [-0.05, 0) is 26.1 Å². The topological polar surface area (TPSA) is 29.4 Å². The Kier molecular flexibility index (Phi) is 6.93. The number of likely N-dealkylation sites (N-methyl/N-ethyl adjacent to an activating group) is 1. The number of hydrogen-bond donors (Lipinski definition) is 1. The highest BCUT2D eigenvalue weighted by atomic mass is 16.5. The number of nitrogens with zero attached hydrogens (tertiary/aromatic N) is 2. The van der Waals surface area contributed by atoms with Crippen LogP contribution < -0.4 is 5.32 Å². The molecule has 0 bridgehead atoms. The fraction of sp³-hybridized carbons (Fsp3) is 0.692. The molecule has 0 amide bonds. The average Bonchev–Trinajstić information content (AvgIpc) is 2.79. The zero-order chi connectivity index (χ0) is 12.5.